The molecule has 0 aliphatic carbocycles. The molecule has 0 radical (unpaired) electrons. The number of halogens is 2. The van der Waals surface area contributed by atoms with Gasteiger partial charge < -0.3 is 10.5 Å². The maximum Gasteiger partial charge on any atom is 0.155 e. The van der Waals surface area contributed by atoms with Crippen LogP contribution >= 0.6 is 31.9 Å². The Bertz CT molecular complexity index is 615. The zero-order valence-corrected chi connectivity index (χ0v) is 14.9. The lowest BCUT2D eigenvalue weighted by Gasteiger charge is -2.14. The van der Waals surface area contributed by atoms with E-state index in [9.17, 15) is 0 Å². The van der Waals surface area contributed by atoms with Gasteiger partial charge in [0.25, 0.3) is 0 Å². The predicted octanol–water partition coefficient (Wildman–Crippen LogP) is 6.02. The normalized spacial score (nSPS) is 10.9. The van der Waals surface area contributed by atoms with Crippen molar-refractivity contribution in [3.05, 3.63) is 50.4 Å². The van der Waals surface area contributed by atoms with Gasteiger partial charge in [-0.15, -0.1) is 0 Å². The first kappa shape index (κ1) is 15.4. The van der Waals surface area contributed by atoms with Gasteiger partial charge in [-0.1, -0.05) is 19.9 Å². The van der Waals surface area contributed by atoms with Gasteiger partial charge in [0.1, 0.15) is 5.75 Å². The molecular formula is C16H17Br2NO. The molecule has 0 heterocycles. The molecule has 2 aromatic rings. The van der Waals surface area contributed by atoms with Gasteiger partial charge in [-0.05, 0) is 80.1 Å². The molecule has 2 rings (SSSR count). The fourth-order valence-corrected chi connectivity index (χ4v) is 3.48. The number of nitrogens with two attached hydrogens (primary N) is 1. The molecule has 0 spiro atoms. The zero-order chi connectivity index (χ0) is 14.9. The molecule has 0 saturated carbocycles. The summed E-state index contributed by atoms with van der Waals surface area (Å²) in [7, 11) is 0. The van der Waals surface area contributed by atoms with Crippen LogP contribution in [0.1, 0.15) is 30.9 Å². The van der Waals surface area contributed by atoms with E-state index in [-0.39, 0.29) is 0 Å². The van der Waals surface area contributed by atoms with E-state index in [0.717, 1.165) is 20.4 Å². The molecule has 0 unspecified atom stereocenters. The Balaban J connectivity index is 2.38. The molecule has 2 nitrogen and oxygen atoms in total. The minimum absolute atomic E-state index is 0.469. The number of hydrogen-bond donors (Lipinski definition) is 1. The number of hydrogen-bond acceptors (Lipinski definition) is 2. The highest BCUT2D eigenvalue weighted by atomic mass is 79.9. The third kappa shape index (κ3) is 3.36. The van der Waals surface area contributed by atoms with Crippen LogP contribution in [0, 0.1) is 6.92 Å². The summed E-state index contributed by atoms with van der Waals surface area (Å²) in [6.07, 6.45) is 0. The Morgan fingerprint density at radius 2 is 1.65 bits per heavy atom. The van der Waals surface area contributed by atoms with Crippen LogP contribution in [0.5, 0.6) is 11.5 Å². The molecule has 0 fully saturated rings. The van der Waals surface area contributed by atoms with Gasteiger partial charge in [-0.2, -0.15) is 0 Å². The minimum atomic E-state index is 0.469. The summed E-state index contributed by atoms with van der Waals surface area (Å²) in [5.74, 6) is 2.03. The first-order valence-corrected chi connectivity index (χ1v) is 8.00. The number of rotatable bonds is 3. The second-order valence-electron chi connectivity index (χ2n) is 5.09. The number of nitrogen functional groups attached to an aromatic ring is 1. The number of aryl methyl sites for hydroxylation is 1. The number of benzene rings is 2. The molecule has 106 valence electrons. The quantitative estimate of drug-likeness (QED) is 0.641. The van der Waals surface area contributed by atoms with Crippen LogP contribution in [0.15, 0.2) is 39.3 Å². The van der Waals surface area contributed by atoms with Crippen molar-refractivity contribution in [1.29, 1.82) is 0 Å². The number of ether oxygens (including phenoxy) is 1. The molecule has 2 aromatic carbocycles. The summed E-state index contributed by atoms with van der Waals surface area (Å²) in [5.41, 5.74) is 9.05. The Morgan fingerprint density at radius 1 is 1.05 bits per heavy atom. The molecule has 0 bridgehead atoms. The second-order valence-corrected chi connectivity index (χ2v) is 6.80. The van der Waals surface area contributed by atoms with Crippen LogP contribution < -0.4 is 10.5 Å². The highest BCUT2D eigenvalue weighted by Crippen LogP contribution is 2.39. The molecule has 20 heavy (non-hydrogen) atoms. The average molecular weight is 399 g/mol. The second kappa shape index (κ2) is 6.19. The molecule has 0 amide bonds. The highest BCUT2D eigenvalue weighted by molar-refractivity contribution is 9.11. The molecule has 0 aromatic heterocycles. The fourth-order valence-electron chi connectivity index (χ4n) is 2.10. The van der Waals surface area contributed by atoms with Crippen LogP contribution in [0.2, 0.25) is 0 Å². The molecule has 2 N–H and O–H groups in total. The minimum Gasteiger partial charge on any atom is -0.455 e. The Labute approximate surface area is 136 Å². The van der Waals surface area contributed by atoms with Crippen LogP contribution in [-0.4, -0.2) is 0 Å². The lowest BCUT2D eigenvalue weighted by atomic mass is 9.98. The van der Waals surface area contributed by atoms with Crippen LogP contribution in [0.25, 0.3) is 0 Å². The average Bonchev–Trinajstić information content (AvgIpc) is 2.35. The summed E-state index contributed by atoms with van der Waals surface area (Å²) < 4.78 is 7.65. The van der Waals surface area contributed by atoms with Crippen molar-refractivity contribution in [3.8, 4) is 11.5 Å². The molecule has 0 saturated heterocycles. The van der Waals surface area contributed by atoms with Gasteiger partial charge in [0.05, 0.1) is 8.95 Å². The fraction of sp³-hybridized carbons (Fsp3) is 0.250. The van der Waals surface area contributed by atoms with E-state index in [1.807, 2.05) is 18.2 Å². The predicted molar refractivity (Wildman–Crippen MR) is 91.6 cm³/mol. The van der Waals surface area contributed by atoms with E-state index in [1.54, 1.807) is 0 Å². The third-order valence-electron chi connectivity index (χ3n) is 3.11. The van der Waals surface area contributed by atoms with Crippen molar-refractivity contribution in [1.82, 2.24) is 0 Å². The van der Waals surface area contributed by atoms with E-state index < -0.39 is 0 Å². The summed E-state index contributed by atoms with van der Waals surface area (Å²) in [4.78, 5) is 0. The maximum absolute atomic E-state index is 5.99. The van der Waals surface area contributed by atoms with Gasteiger partial charge in [0.2, 0.25) is 0 Å². The molecular weight excluding hydrogens is 382 g/mol. The molecule has 0 aliphatic heterocycles. The van der Waals surface area contributed by atoms with Gasteiger partial charge in [0, 0.05) is 5.69 Å². The summed E-state index contributed by atoms with van der Waals surface area (Å²) in [6.45, 7) is 6.48. The smallest absolute Gasteiger partial charge is 0.155 e. The van der Waals surface area contributed by atoms with E-state index >= 15 is 0 Å². The van der Waals surface area contributed by atoms with E-state index in [4.69, 9.17) is 10.5 Å². The maximum atomic E-state index is 5.99. The lowest BCUT2D eigenvalue weighted by molar-refractivity contribution is 0.475. The van der Waals surface area contributed by atoms with Gasteiger partial charge in [-0.3, -0.25) is 0 Å². The van der Waals surface area contributed by atoms with Crippen molar-refractivity contribution in [2.45, 2.75) is 26.7 Å². The molecule has 0 aliphatic rings. The number of anilines is 1. The van der Waals surface area contributed by atoms with Crippen molar-refractivity contribution < 1.29 is 4.74 Å². The lowest BCUT2D eigenvalue weighted by Crippen LogP contribution is -1.95. The van der Waals surface area contributed by atoms with Crippen molar-refractivity contribution in [3.63, 3.8) is 0 Å². The summed E-state index contributed by atoms with van der Waals surface area (Å²) >= 11 is 6.96. The van der Waals surface area contributed by atoms with Crippen molar-refractivity contribution in [2.24, 2.45) is 0 Å². The largest absolute Gasteiger partial charge is 0.455 e. The van der Waals surface area contributed by atoms with E-state index in [2.05, 4.69) is 64.8 Å². The third-order valence-corrected chi connectivity index (χ3v) is 4.29. The van der Waals surface area contributed by atoms with Gasteiger partial charge in [-0.25, -0.2) is 0 Å². The molecule has 4 heteroatoms. The highest BCUT2D eigenvalue weighted by Gasteiger charge is 2.11. The Morgan fingerprint density at radius 3 is 2.20 bits per heavy atom. The zero-order valence-electron chi connectivity index (χ0n) is 11.7. The van der Waals surface area contributed by atoms with E-state index in [1.165, 1.54) is 11.1 Å². The SMILES string of the molecule is Cc1ccc(Oc2c(Br)cc(N)cc2Br)cc1C(C)C. The van der Waals surface area contributed by atoms with Crippen LogP contribution in [0.3, 0.4) is 0 Å². The van der Waals surface area contributed by atoms with Crippen LogP contribution in [-0.2, 0) is 0 Å². The van der Waals surface area contributed by atoms with E-state index in [0.29, 0.717) is 11.6 Å². The first-order valence-electron chi connectivity index (χ1n) is 6.41. The summed E-state index contributed by atoms with van der Waals surface area (Å²) in [5, 5.41) is 0. The van der Waals surface area contributed by atoms with Crippen LogP contribution in [0.4, 0.5) is 5.69 Å². The van der Waals surface area contributed by atoms with Crippen molar-refractivity contribution in [2.75, 3.05) is 5.73 Å². The Hall–Kier alpha value is -1.000. The standard InChI is InChI=1S/C16H17Br2NO/c1-9(2)13-8-12(5-4-10(13)3)20-16-14(17)6-11(19)7-15(16)18/h4-9H,19H2,1-3H3. The summed E-state index contributed by atoms with van der Waals surface area (Å²) in [6, 6.07) is 9.82. The van der Waals surface area contributed by atoms with Crippen molar-refractivity contribution >= 4 is 37.5 Å². The Kier molecular flexibility index (Phi) is 4.76. The van der Waals surface area contributed by atoms with Gasteiger partial charge in [0.15, 0.2) is 5.75 Å². The monoisotopic (exact) mass is 397 g/mol. The topological polar surface area (TPSA) is 35.2 Å². The molecule has 0 atom stereocenters. The first-order chi connectivity index (χ1) is 9.38. The van der Waals surface area contributed by atoms with Gasteiger partial charge >= 0.3 is 0 Å².